The first-order valence-corrected chi connectivity index (χ1v) is 10.2. The Balaban J connectivity index is 1.86. The lowest BCUT2D eigenvalue weighted by Crippen LogP contribution is -2.27. The molecule has 0 bridgehead atoms. The lowest BCUT2D eigenvalue weighted by molar-refractivity contribution is -0.385. The Morgan fingerprint density at radius 3 is 2.63 bits per heavy atom. The lowest BCUT2D eigenvalue weighted by Gasteiger charge is -2.19. The van der Waals surface area contributed by atoms with Gasteiger partial charge in [0.05, 0.1) is 27.3 Å². The number of aryl methyl sites for hydroxylation is 1. The third-order valence-corrected chi connectivity index (χ3v) is 5.63. The fourth-order valence-electron chi connectivity index (χ4n) is 2.83. The Hall–Kier alpha value is -3.73. The molecule has 0 saturated carbocycles. The molecule has 3 aromatic rings. The Kier molecular flexibility index (Phi) is 5.83. The van der Waals surface area contributed by atoms with E-state index in [0.29, 0.717) is 6.54 Å². The van der Waals surface area contributed by atoms with E-state index < -0.39 is 20.9 Å². The van der Waals surface area contributed by atoms with Gasteiger partial charge < -0.3 is 4.90 Å². The molecule has 1 amide bonds. The van der Waals surface area contributed by atoms with Crippen LogP contribution in [0.1, 0.15) is 15.9 Å². The third-order valence-electron chi connectivity index (χ3n) is 4.27. The zero-order valence-electron chi connectivity index (χ0n) is 16.2. The van der Waals surface area contributed by atoms with Gasteiger partial charge in [-0.2, -0.15) is 5.10 Å². The first kappa shape index (κ1) is 21.0. The van der Waals surface area contributed by atoms with E-state index in [4.69, 9.17) is 0 Å². The number of nitrogens with zero attached hydrogens (tertiary/aromatic N) is 4. The van der Waals surface area contributed by atoms with E-state index in [1.54, 1.807) is 43.3 Å². The number of amides is 1. The monoisotopic (exact) mass is 429 g/mol. The van der Waals surface area contributed by atoms with Gasteiger partial charge in [0.1, 0.15) is 0 Å². The number of anilines is 1. The average molecular weight is 429 g/mol. The summed E-state index contributed by atoms with van der Waals surface area (Å²) in [5.41, 5.74) is 0.700. The lowest BCUT2D eigenvalue weighted by atomic mass is 10.1. The van der Waals surface area contributed by atoms with Gasteiger partial charge in [0.25, 0.3) is 21.6 Å². The number of non-ortho nitro benzene ring substituents is 1. The number of nitrogens with one attached hydrogen (secondary N) is 1. The van der Waals surface area contributed by atoms with Crippen LogP contribution in [0.4, 0.5) is 11.4 Å². The molecule has 0 aliphatic carbocycles. The smallest absolute Gasteiger partial charge is 0.270 e. The van der Waals surface area contributed by atoms with Crippen LogP contribution in [0.5, 0.6) is 0 Å². The fourth-order valence-corrected chi connectivity index (χ4v) is 3.95. The van der Waals surface area contributed by atoms with Gasteiger partial charge in [-0.15, -0.1) is 0 Å². The molecular weight excluding hydrogens is 410 g/mol. The zero-order chi connectivity index (χ0) is 21.9. The third kappa shape index (κ3) is 4.63. The molecule has 0 aliphatic rings. The van der Waals surface area contributed by atoms with E-state index in [-0.39, 0.29) is 21.8 Å². The molecule has 11 heteroatoms. The standard InChI is InChI=1S/C19H19N5O5S/c1-22(12-14-11-20-23(2)13-14)19(25)17-8-3-4-9-18(17)21-30(28,29)16-7-5-6-15(10-16)24(26)27/h3-11,13,21H,12H2,1-2H3. The maximum absolute atomic E-state index is 12.9. The molecule has 3 rings (SSSR count). The number of aromatic nitrogens is 2. The zero-order valence-corrected chi connectivity index (χ0v) is 17.0. The second kappa shape index (κ2) is 8.33. The average Bonchev–Trinajstić information content (AvgIpc) is 3.12. The molecule has 10 nitrogen and oxygen atoms in total. The number of benzene rings is 2. The summed E-state index contributed by atoms with van der Waals surface area (Å²) in [7, 11) is -0.780. The molecule has 0 saturated heterocycles. The van der Waals surface area contributed by atoms with Gasteiger partial charge in [0.15, 0.2) is 0 Å². The normalized spacial score (nSPS) is 11.1. The van der Waals surface area contributed by atoms with Crippen molar-refractivity contribution < 1.29 is 18.1 Å². The van der Waals surface area contributed by atoms with E-state index in [1.807, 2.05) is 0 Å². The van der Waals surface area contributed by atoms with Crippen molar-refractivity contribution in [2.75, 3.05) is 11.8 Å². The van der Waals surface area contributed by atoms with E-state index in [2.05, 4.69) is 9.82 Å². The Morgan fingerprint density at radius 2 is 1.97 bits per heavy atom. The summed E-state index contributed by atoms with van der Waals surface area (Å²) in [4.78, 5) is 24.3. The number of rotatable bonds is 7. The Labute approximate surface area is 172 Å². The molecular formula is C19H19N5O5S. The number of carbonyl (C=O) groups excluding carboxylic acids is 1. The fraction of sp³-hybridized carbons (Fsp3) is 0.158. The van der Waals surface area contributed by atoms with Crippen LogP contribution < -0.4 is 4.72 Å². The van der Waals surface area contributed by atoms with Gasteiger partial charge in [-0.3, -0.25) is 24.3 Å². The second-order valence-electron chi connectivity index (χ2n) is 6.59. The molecule has 30 heavy (non-hydrogen) atoms. The van der Waals surface area contributed by atoms with Gasteiger partial charge in [0.2, 0.25) is 0 Å². The highest BCUT2D eigenvalue weighted by Gasteiger charge is 2.22. The predicted octanol–water partition coefficient (Wildman–Crippen LogP) is 2.40. The highest BCUT2D eigenvalue weighted by Crippen LogP contribution is 2.24. The molecule has 0 radical (unpaired) electrons. The van der Waals surface area contributed by atoms with Gasteiger partial charge in [-0.1, -0.05) is 18.2 Å². The van der Waals surface area contributed by atoms with E-state index in [1.165, 1.54) is 35.2 Å². The van der Waals surface area contributed by atoms with Crippen LogP contribution >= 0.6 is 0 Å². The summed E-state index contributed by atoms with van der Waals surface area (Å²) in [6, 6.07) is 10.9. The molecule has 0 unspecified atom stereocenters. The summed E-state index contributed by atoms with van der Waals surface area (Å²) in [6.07, 6.45) is 3.42. The van der Waals surface area contributed by atoms with E-state index in [0.717, 1.165) is 11.6 Å². The Bertz CT molecular complexity index is 1210. The maximum atomic E-state index is 12.9. The highest BCUT2D eigenvalue weighted by molar-refractivity contribution is 7.92. The van der Waals surface area contributed by atoms with E-state index in [9.17, 15) is 23.3 Å². The molecule has 0 aliphatic heterocycles. The minimum absolute atomic E-state index is 0.0760. The van der Waals surface area contributed by atoms with Crippen LogP contribution in [0.25, 0.3) is 0 Å². The summed E-state index contributed by atoms with van der Waals surface area (Å²) >= 11 is 0. The van der Waals surface area contributed by atoms with Crippen molar-refractivity contribution in [3.8, 4) is 0 Å². The van der Waals surface area contributed by atoms with E-state index >= 15 is 0 Å². The van der Waals surface area contributed by atoms with Crippen molar-refractivity contribution in [3.63, 3.8) is 0 Å². The minimum Gasteiger partial charge on any atom is -0.337 e. The second-order valence-corrected chi connectivity index (χ2v) is 8.27. The van der Waals surface area contributed by atoms with Gasteiger partial charge in [-0.25, -0.2) is 8.42 Å². The first-order valence-electron chi connectivity index (χ1n) is 8.76. The Morgan fingerprint density at radius 1 is 1.23 bits per heavy atom. The van der Waals surface area contributed by atoms with Crippen LogP contribution in [-0.4, -0.2) is 41.0 Å². The number of sulfonamides is 1. The number of nitro groups is 1. The van der Waals surface area contributed by atoms with Crippen molar-refractivity contribution in [2.45, 2.75) is 11.4 Å². The number of carbonyl (C=O) groups is 1. The number of nitro benzene ring substituents is 1. The number of para-hydroxylation sites is 1. The predicted molar refractivity (Wildman–Crippen MR) is 109 cm³/mol. The van der Waals surface area contributed by atoms with Gasteiger partial charge >= 0.3 is 0 Å². The van der Waals surface area contributed by atoms with Crippen molar-refractivity contribution in [1.82, 2.24) is 14.7 Å². The summed E-state index contributed by atoms with van der Waals surface area (Å²) in [5.74, 6) is -0.392. The minimum atomic E-state index is -4.15. The quantitative estimate of drug-likeness (QED) is 0.454. The summed E-state index contributed by atoms with van der Waals surface area (Å²) in [5, 5.41) is 15.0. The van der Waals surface area contributed by atoms with Crippen molar-refractivity contribution >= 4 is 27.3 Å². The molecule has 0 atom stereocenters. The van der Waals surface area contributed by atoms with Crippen molar-refractivity contribution in [3.05, 3.63) is 82.2 Å². The molecule has 2 aromatic carbocycles. The maximum Gasteiger partial charge on any atom is 0.270 e. The number of hydrogen-bond acceptors (Lipinski definition) is 6. The van der Waals surface area contributed by atoms with Crippen LogP contribution in [0.3, 0.4) is 0 Å². The van der Waals surface area contributed by atoms with Crippen LogP contribution in [0.15, 0.2) is 65.8 Å². The topological polar surface area (TPSA) is 127 Å². The molecule has 156 valence electrons. The SMILES string of the molecule is CN(Cc1cnn(C)c1)C(=O)c1ccccc1NS(=O)(=O)c1cccc([N+](=O)[O-])c1. The first-order chi connectivity index (χ1) is 14.2. The van der Waals surface area contributed by atoms with Crippen molar-refractivity contribution in [1.29, 1.82) is 0 Å². The number of hydrogen-bond donors (Lipinski definition) is 1. The molecule has 1 N–H and O–H groups in total. The largest absolute Gasteiger partial charge is 0.337 e. The molecule has 1 heterocycles. The van der Waals surface area contributed by atoms with Gasteiger partial charge in [0, 0.05) is 44.5 Å². The van der Waals surface area contributed by atoms with Crippen LogP contribution in [0, 0.1) is 10.1 Å². The molecule has 0 spiro atoms. The van der Waals surface area contributed by atoms with Gasteiger partial charge in [-0.05, 0) is 18.2 Å². The summed E-state index contributed by atoms with van der Waals surface area (Å²) in [6.45, 7) is 0.290. The highest BCUT2D eigenvalue weighted by atomic mass is 32.2. The van der Waals surface area contributed by atoms with Crippen LogP contribution in [-0.2, 0) is 23.6 Å². The van der Waals surface area contributed by atoms with Crippen LogP contribution in [0.2, 0.25) is 0 Å². The van der Waals surface area contributed by atoms with Crippen molar-refractivity contribution in [2.24, 2.45) is 7.05 Å². The summed E-state index contributed by atoms with van der Waals surface area (Å²) < 4.78 is 29.5. The molecule has 0 fully saturated rings. The molecule has 1 aromatic heterocycles.